The number of anilines is 1. The summed E-state index contributed by atoms with van der Waals surface area (Å²) in [5, 5.41) is 0.187. The topological polar surface area (TPSA) is 106 Å². The Kier molecular flexibility index (Phi) is 4.89. The van der Waals surface area contributed by atoms with Crippen LogP contribution >= 0.6 is 27.5 Å². The van der Waals surface area contributed by atoms with Gasteiger partial charge in [0.05, 0.1) is 20.9 Å². The van der Waals surface area contributed by atoms with Gasteiger partial charge in [-0.2, -0.15) is 0 Å². The van der Waals surface area contributed by atoms with E-state index in [9.17, 15) is 16.8 Å². The fraction of sp³-hybridized carbons (Fsp3) is 0.455. The molecule has 0 aliphatic carbocycles. The Morgan fingerprint density at radius 1 is 1.38 bits per heavy atom. The number of nitrogen functional groups attached to an aromatic ring is 1. The van der Waals surface area contributed by atoms with Crippen LogP contribution in [0.5, 0.6) is 0 Å². The highest BCUT2D eigenvalue weighted by atomic mass is 79.9. The van der Waals surface area contributed by atoms with Crippen molar-refractivity contribution in [2.24, 2.45) is 0 Å². The maximum atomic E-state index is 12.4. The monoisotopic (exact) mass is 416 g/mol. The van der Waals surface area contributed by atoms with Crippen LogP contribution in [0.25, 0.3) is 0 Å². The lowest BCUT2D eigenvalue weighted by atomic mass is 10.2. The Bertz CT molecular complexity index is 765. The number of sulfonamides is 1. The molecule has 1 heterocycles. The first-order chi connectivity index (χ1) is 9.61. The number of halogens is 2. The van der Waals surface area contributed by atoms with E-state index in [1.807, 2.05) is 0 Å². The number of hydrogen-bond acceptors (Lipinski definition) is 5. The van der Waals surface area contributed by atoms with Crippen molar-refractivity contribution in [3.63, 3.8) is 0 Å². The zero-order valence-corrected chi connectivity index (χ0v) is 14.8. The lowest BCUT2D eigenvalue weighted by Gasteiger charge is -2.23. The van der Waals surface area contributed by atoms with E-state index in [1.54, 1.807) is 0 Å². The summed E-state index contributed by atoms with van der Waals surface area (Å²) >= 11 is 8.94. The van der Waals surface area contributed by atoms with Crippen LogP contribution < -0.4 is 10.5 Å². The van der Waals surface area contributed by atoms with Crippen molar-refractivity contribution in [2.75, 3.05) is 17.2 Å². The molecule has 10 heteroatoms. The van der Waals surface area contributed by atoms with E-state index in [4.69, 9.17) is 17.3 Å². The Labute approximate surface area is 137 Å². The van der Waals surface area contributed by atoms with Crippen LogP contribution in [0.3, 0.4) is 0 Å². The van der Waals surface area contributed by atoms with Gasteiger partial charge in [-0.15, -0.1) is 0 Å². The second-order valence-corrected chi connectivity index (χ2v) is 10.0. The molecular weight excluding hydrogens is 404 g/mol. The van der Waals surface area contributed by atoms with E-state index < -0.39 is 25.9 Å². The third-order valence-corrected chi connectivity index (χ3v) is 7.84. The van der Waals surface area contributed by atoms with Crippen LogP contribution in [0.4, 0.5) is 5.69 Å². The summed E-state index contributed by atoms with van der Waals surface area (Å²) in [4.78, 5) is -0.101. The standard InChI is InChI=1S/C11H14BrClN2O4S2/c12-11-9(14)4-7(13)5-10(11)21(18,19)15-8-2-1-3-20(16,17)6-8/h4-5,8,15H,1-3,6,14H2. The zero-order valence-electron chi connectivity index (χ0n) is 10.8. The number of sulfone groups is 1. The molecule has 1 atom stereocenters. The minimum Gasteiger partial charge on any atom is -0.398 e. The second-order valence-electron chi connectivity index (χ2n) is 4.88. The highest BCUT2D eigenvalue weighted by molar-refractivity contribution is 9.10. The summed E-state index contributed by atoms with van der Waals surface area (Å²) in [5.74, 6) is -0.0983. The first kappa shape index (κ1) is 17.0. The Morgan fingerprint density at radius 3 is 2.67 bits per heavy atom. The predicted octanol–water partition coefficient (Wildman–Crippen LogP) is 1.54. The molecule has 1 aromatic rings. The van der Waals surface area contributed by atoms with E-state index in [1.165, 1.54) is 12.1 Å². The third-order valence-electron chi connectivity index (χ3n) is 3.11. The summed E-state index contributed by atoms with van der Waals surface area (Å²) < 4.78 is 50.5. The van der Waals surface area contributed by atoms with Crippen LogP contribution in [-0.2, 0) is 19.9 Å². The van der Waals surface area contributed by atoms with Gasteiger partial charge in [-0.1, -0.05) is 11.6 Å². The second kappa shape index (κ2) is 6.04. The lowest BCUT2D eigenvalue weighted by Crippen LogP contribution is -2.43. The molecule has 1 aliphatic heterocycles. The normalized spacial score (nSPS) is 22.1. The quantitative estimate of drug-likeness (QED) is 0.726. The van der Waals surface area contributed by atoms with Gasteiger partial charge in [0.25, 0.3) is 0 Å². The minimum absolute atomic E-state index is 0.0963. The first-order valence-electron chi connectivity index (χ1n) is 6.08. The predicted molar refractivity (Wildman–Crippen MR) is 85.6 cm³/mol. The van der Waals surface area contributed by atoms with Crippen molar-refractivity contribution < 1.29 is 16.8 Å². The molecule has 0 radical (unpaired) electrons. The van der Waals surface area contributed by atoms with Gasteiger partial charge in [0.2, 0.25) is 10.0 Å². The average molecular weight is 418 g/mol. The third kappa shape index (κ3) is 4.10. The van der Waals surface area contributed by atoms with Crippen LogP contribution in [-0.4, -0.2) is 34.4 Å². The molecule has 1 aromatic carbocycles. The lowest BCUT2D eigenvalue weighted by molar-refractivity contribution is 0.517. The summed E-state index contributed by atoms with van der Waals surface area (Å²) in [6, 6.07) is 2.05. The summed E-state index contributed by atoms with van der Waals surface area (Å²) in [7, 11) is -7.11. The van der Waals surface area contributed by atoms with Gasteiger partial charge in [0.1, 0.15) is 0 Å². The van der Waals surface area contributed by atoms with E-state index in [0.717, 1.165) is 0 Å². The maximum Gasteiger partial charge on any atom is 0.242 e. The van der Waals surface area contributed by atoms with Crippen molar-refractivity contribution in [3.8, 4) is 0 Å². The molecule has 0 spiro atoms. The fourth-order valence-electron chi connectivity index (χ4n) is 2.18. The Hall–Kier alpha value is -0.350. The molecular formula is C11H14BrClN2O4S2. The van der Waals surface area contributed by atoms with Gasteiger partial charge in [0, 0.05) is 16.8 Å². The van der Waals surface area contributed by atoms with Crippen molar-refractivity contribution in [3.05, 3.63) is 21.6 Å². The molecule has 2 rings (SSSR count). The molecule has 3 N–H and O–H groups in total. The molecule has 0 aromatic heterocycles. The van der Waals surface area contributed by atoms with Crippen LogP contribution in [0.2, 0.25) is 5.02 Å². The maximum absolute atomic E-state index is 12.4. The fourth-order valence-corrected chi connectivity index (χ4v) is 6.48. The average Bonchev–Trinajstić information content (AvgIpc) is 2.31. The van der Waals surface area contributed by atoms with E-state index in [0.29, 0.717) is 12.8 Å². The van der Waals surface area contributed by atoms with Crippen molar-refractivity contribution in [2.45, 2.75) is 23.8 Å². The van der Waals surface area contributed by atoms with Gasteiger partial charge >= 0.3 is 0 Å². The molecule has 1 unspecified atom stereocenters. The van der Waals surface area contributed by atoms with E-state index in [2.05, 4.69) is 20.7 Å². The number of hydrogen-bond donors (Lipinski definition) is 2. The van der Waals surface area contributed by atoms with Gasteiger partial charge in [-0.25, -0.2) is 21.6 Å². The smallest absolute Gasteiger partial charge is 0.242 e. The van der Waals surface area contributed by atoms with Gasteiger partial charge in [-0.3, -0.25) is 0 Å². The zero-order chi connectivity index (χ0) is 15.8. The molecule has 0 saturated carbocycles. The van der Waals surface area contributed by atoms with E-state index in [-0.39, 0.29) is 31.6 Å². The molecule has 0 amide bonds. The molecule has 118 valence electrons. The molecule has 1 aliphatic rings. The number of nitrogens with one attached hydrogen (secondary N) is 1. The highest BCUT2D eigenvalue weighted by Crippen LogP contribution is 2.31. The van der Waals surface area contributed by atoms with Crippen molar-refractivity contribution in [1.82, 2.24) is 4.72 Å². The Morgan fingerprint density at radius 2 is 2.05 bits per heavy atom. The van der Waals surface area contributed by atoms with Crippen molar-refractivity contribution >= 4 is 53.1 Å². The molecule has 21 heavy (non-hydrogen) atoms. The van der Waals surface area contributed by atoms with Crippen LogP contribution in [0.1, 0.15) is 12.8 Å². The Balaban J connectivity index is 2.31. The molecule has 1 fully saturated rings. The number of benzene rings is 1. The molecule has 6 nitrogen and oxygen atoms in total. The van der Waals surface area contributed by atoms with Crippen LogP contribution in [0, 0.1) is 0 Å². The molecule has 1 saturated heterocycles. The first-order valence-corrected chi connectivity index (χ1v) is 10.6. The SMILES string of the molecule is Nc1cc(Cl)cc(S(=O)(=O)NC2CCCS(=O)(=O)C2)c1Br. The number of nitrogens with two attached hydrogens (primary N) is 1. The number of rotatable bonds is 3. The van der Waals surface area contributed by atoms with E-state index >= 15 is 0 Å². The minimum atomic E-state index is -3.91. The highest BCUT2D eigenvalue weighted by Gasteiger charge is 2.30. The summed E-state index contributed by atoms with van der Waals surface area (Å²) in [6.45, 7) is 0. The van der Waals surface area contributed by atoms with Crippen LogP contribution in [0.15, 0.2) is 21.5 Å². The summed E-state index contributed by atoms with van der Waals surface area (Å²) in [5.41, 5.74) is 5.87. The van der Waals surface area contributed by atoms with Gasteiger partial charge in [0.15, 0.2) is 9.84 Å². The largest absolute Gasteiger partial charge is 0.398 e. The van der Waals surface area contributed by atoms with Crippen molar-refractivity contribution in [1.29, 1.82) is 0 Å². The molecule has 0 bridgehead atoms. The van der Waals surface area contributed by atoms with Gasteiger partial charge < -0.3 is 5.73 Å². The summed E-state index contributed by atoms with van der Waals surface area (Å²) in [6.07, 6.45) is 0.917. The van der Waals surface area contributed by atoms with Gasteiger partial charge in [-0.05, 0) is 40.9 Å².